The van der Waals surface area contributed by atoms with Gasteiger partial charge in [-0.1, -0.05) is 23.4 Å². The summed E-state index contributed by atoms with van der Waals surface area (Å²) in [6.07, 6.45) is 4.75. The number of nitrogens with zero attached hydrogens (tertiary/aromatic N) is 2. The van der Waals surface area contributed by atoms with Gasteiger partial charge in [-0.15, -0.1) is 4.91 Å². The van der Waals surface area contributed by atoms with Crippen molar-refractivity contribution in [3.8, 4) is 17.2 Å². The Hall–Kier alpha value is -3.41. The van der Waals surface area contributed by atoms with E-state index in [2.05, 4.69) is 10.2 Å². The molecular formula is C23H24N2O4. The number of aryl methyl sites for hydroxylation is 1. The van der Waals surface area contributed by atoms with Gasteiger partial charge in [-0.05, 0) is 59.9 Å². The first-order valence-electron chi connectivity index (χ1n) is 9.30. The summed E-state index contributed by atoms with van der Waals surface area (Å²) in [5.74, 6) is 2.07. The van der Waals surface area contributed by atoms with Crippen LogP contribution in [0.2, 0.25) is 0 Å². The molecule has 3 rings (SSSR count). The number of rotatable bonds is 9. The topological polar surface area (TPSA) is 70.0 Å². The summed E-state index contributed by atoms with van der Waals surface area (Å²) in [7, 11) is 4.85. The smallest absolute Gasteiger partial charge is 0.164 e. The van der Waals surface area contributed by atoms with Crippen molar-refractivity contribution in [1.29, 1.82) is 0 Å². The van der Waals surface area contributed by atoms with E-state index in [0.29, 0.717) is 17.9 Å². The minimum atomic E-state index is -0.649. The molecule has 6 heteroatoms. The zero-order valence-electron chi connectivity index (χ0n) is 16.8. The van der Waals surface area contributed by atoms with Gasteiger partial charge in [0, 0.05) is 18.0 Å². The molecule has 0 spiro atoms. The van der Waals surface area contributed by atoms with Crippen LogP contribution >= 0.6 is 0 Å². The van der Waals surface area contributed by atoms with E-state index in [1.54, 1.807) is 45.9 Å². The van der Waals surface area contributed by atoms with Crippen LogP contribution in [0.4, 0.5) is 0 Å². The molecule has 150 valence electrons. The molecule has 0 saturated heterocycles. The number of benzene rings is 2. The lowest BCUT2D eigenvalue weighted by Crippen LogP contribution is -2.07. The largest absolute Gasteiger partial charge is 0.497 e. The van der Waals surface area contributed by atoms with Crippen LogP contribution in [0.1, 0.15) is 28.3 Å². The first-order chi connectivity index (χ1) is 14.2. The van der Waals surface area contributed by atoms with Crippen molar-refractivity contribution in [3.05, 3.63) is 88.1 Å². The summed E-state index contributed by atoms with van der Waals surface area (Å²) in [5, 5.41) is 3.41. The maximum absolute atomic E-state index is 11.8. The third-order valence-electron chi connectivity index (χ3n) is 4.93. The van der Waals surface area contributed by atoms with E-state index in [1.165, 1.54) is 0 Å². The maximum Gasteiger partial charge on any atom is 0.164 e. The van der Waals surface area contributed by atoms with Crippen LogP contribution < -0.4 is 14.2 Å². The highest BCUT2D eigenvalue weighted by molar-refractivity contribution is 5.54. The van der Waals surface area contributed by atoms with Gasteiger partial charge in [0.2, 0.25) is 0 Å². The Kier molecular flexibility index (Phi) is 6.79. The molecule has 0 aliphatic heterocycles. The van der Waals surface area contributed by atoms with Crippen molar-refractivity contribution in [2.75, 3.05) is 21.3 Å². The van der Waals surface area contributed by atoms with Gasteiger partial charge in [0.05, 0.1) is 21.3 Å². The van der Waals surface area contributed by atoms with Crippen molar-refractivity contribution < 1.29 is 14.2 Å². The monoisotopic (exact) mass is 392 g/mol. The quantitative estimate of drug-likeness (QED) is 0.492. The van der Waals surface area contributed by atoms with Crippen LogP contribution in [0.15, 0.2) is 66.1 Å². The number of hydrogen-bond donors (Lipinski definition) is 0. The van der Waals surface area contributed by atoms with Gasteiger partial charge in [0.25, 0.3) is 0 Å². The van der Waals surface area contributed by atoms with E-state index < -0.39 is 6.04 Å². The lowest BCUT2D eigenvalue weighted by Gasteiger charge is -2.20. The van der Waals surface area contributed by atoms with Crippen LogP contribution in [0.5, 0.6) is 17.2 Å². The van der Waals surface area contributed by atoms with Crippen LogP contribution in [0, 0.1) is 4.91 Å². The number of methoxy groups -OCH3 is 3. The molecule has 1 heterocycles. The van der Waals surface area contributed by atoms with Crippen molar-refractivity contribution in [3.63, 3.8) is 0 Å². The second-order valence-corrected chi connectivity index (χ2v) is 6.51. The summed E-state index contributed by atoms with van der Waals surface area (Å²) in [5.41, 5.74) is 3.65. The van der Waals surface area contributed by atoms with Gasteiger partial charge in [-0.2, -0.15) is 0 Å². The molecule has 2 aromatic carbocycles. The molecule has 29 heavy (non-hydrogen) atoms. The summed E-state index contributed by atoms with van der Waals surface area (Å²) in [6, 6.07) is 14.6. The van der Waals surface area contributed by atoms with E-state index >= 15 is 0 Å². The molecule has 0 aliphatic rings. The standard InChI is InChI=1S/C23H24N2O4/c1-27-18-7-4-16(5-8-18)6-9-20-19(10-11-21(28-2)23(20)29-3)22(25-26)17-12-14-24-15-13-17/h4-5,7-8,10-15,22H,6,9H2,1-3H3. The van der Waals surface area contributed by atoms with Crippen LogP contribution in [-0.4, -0.2) is 26.3 Å². The Balaban J connectivity index is 2.00. The Morgan fingerprint density at radius 2 is 1.59 bits per heavy atom. The Morgan fingerprint density at radius 3 is 2.17 bits per heavy atom. The molecule has 0 saturated carbocycles. The first kappa shape index (κ1) is 20.3. The highest BCUT2D eigenvalue weighted by Crippen LogP contribution is 2.39. The van der Waals surface area contributed by atoms with Gasteiger partial charge in [-0.25, -0.2) is 0 Å². The fourth-order valence-electron chi connectivity index (χ4n) is 3.42. The summed E-state index contributed by atoms with van der Waals surface area (Å²) >= 11 is 0. The zero-order valence-corrected chi connectivity index (χ0v) is 16.8. The average molecular weight is 392 g/mol. The number of pyridine rings is 1. The number of ether oxygens (including phenoxy) is 3. The van der Waals surface area contributed by atoms with E-state index in [0.717, 1.165) is 34.4 Å². The van der Waals surface area contributed by atoms with E-state index in [9.17, 15) is 4.91 Å². The minimum absolute atomic E-state index is 0.625. The van der Waals surface area contributed by atoms with Gasteiger partial charge >= 0.3 is 0 Å². The predicted molar refractivity (Wildman–Crippen MR) is 112 cm³/mol. The Bertz CT molecular complexity index is 943. The summed E-state index contributed by atoms with van der Waals surface area (Å²) in [4.78, 5) is 15.8. The SMILES string of the molecule is COc1ccc(CCc2c(C(N=O)c3ccncc3)ccc(OC)c2OC)cc1. The lowest BCUT2D eigenvalue weighted by atomic mass is 9.91. The highest BCUT2D eigenvalue weighted by atomic mass is 16.5. The number of hydrogen-bond acceptors (Lipinski definition) is 6. The molecular weight excluding hydrogens is 368 g/mol. The molecule has 3 aromatic rings. The molecule has 0 radical (unpaired) electrons. The van der Waals surface area contributed by atoms with Crippen molar-refractivity contribution in [2.24, 2.45) is 5.18 Å². The maximum atomic E-state index is 11.8. The molecule has 1 atom stereocenters. The predicted octanol–water partition coefficient (Wildman–Crippen LogP) is 4.75. The minimum Gasteiger partial charge on any atom is -0.497 e. The number of aromatic nitrogens is 1. The second kappa shape index (κ2) is 9.68. The van der Waals surface area contributed by atoms with E-state index in [-0.39, 0.29) is 0 Å². The molecule has 0 bridgehead atoms. The zero-order chi connectivity index (χ0) is 20.6. The van der Waals surface area contributed by atoms with Crippen LogP contribution in [0.3, 0.4) is 0 Å². The van der Waals surface area contributed by atoms with E-state index in [1.807, 2.05) is 36.4 Å². The lowest BCUT2D eigenvalue weighted by molar-refractivity contribution is 0.351. The molecule has 1 unspecified atom stereocenters. The third kappa shape index (κ3) is 4.54. The van der Waals surface area contributed by atoms with Gasteiger partial charge in [0.1, 0.15) is 11.8 Å². The highest BCUT2D eigenvalue weighted by Gasteiger charge is 2.23. The van der Waals surface area contributed by atoms with Crippen molar-refractivity contribution in [1.82, 2.24) is 4.98 Å². The van der Waals surface area contributed by atoms with Crippen LogP contribution in [-0.2, 0) is 12.8 Å². The normalized spacial score (nSPS) is 11.6. The fraction of sp³-hybridized carbons (Fsp3) is 0.261. The van der Waals surface area contributed by atoms with E-state index in [4.69, 9.17) is 14.2 Å². The third-order valence-corrected chi connectivity index (χ3v) is 4.93. The Morgan fingerprint density at radius 1 is 0.862 bits per heavy atom. The van der Waals surface area contributed by atoms with Crippen molar-refractivity contribution in [2.45, 2.75) is 18.9 Å². The summed E-state index contributed by atoms with van der Waals surface area (Å²) in [6.45, 7) is 0. The summed E-state index contributed by atoms with van der Waals surface area (Å²) < 4.78 is 16.4. The Labute approximate surface area is 170 Å². The molecule has 0 amide bonds. The second-order valence-electron chi connectivity index (χ2n) is 6.51. The molecule has 0 N–H and O–H groups in total. The molecule has 1 aromatic heterocycles. The van der Waals surface area contributed by atoms with Gasteiger partial charge < -0.3 is 14.2 Å². The average Bonchev–Trinajstić information content (AvgIpc) is 2.79. The van der Waals surface area contributed by atoms with Gasteiger partial charge in [0.15, 0.2) is 11.5 Å². The molecule has 0 aliphatic carbocycles. The van der Waals surface area contributed by atoms with Crippen molar-refractivity contribution >= 4 is 0 Å². The van der Waals surface area contributed by atoms with Crippen LogP contribution in [0.25, 0.3) is 0 Å². The fourth-order valence-corrected chi connectivity index (χ4v) is 3.42. The molecule has 6 nitrogen and oxygen atoms in total. The van der Waals surface area contributed by atoms with Gasteiger partial charge in [-0.3, -0.25) is 4.98 Å². The first-order valence-corrected chi connectivity index (χ1v) is 9.30. The number of nitroso groups, excluding NO2 is 1. The molecule has 0 fully saturated rings.